The third-order valence-corrected chi connectivity index (χ3v) is 8.35. The average molecular weight is 555 g/mol. The van der Waals surface area contributed by atoms with Gasteiger partial charge in [-0.05, 0) is 49.9 Å². The number of carbonyl (C=O) groups is 2. The van der Waals surface area contributed by atoms with Gasteiger partial charge in [0.1, 0.15) is 12.6 Å². The second kappa shape index (κ2) is 12.8. The molecule has 0 unspecified atom stereocenters. The van der Waals surface area contributed by atoms with E-state index < -0.39 is 28.5 Å². The Morgan fingerprint density at radius 1 is 1.03 bits per heavy atom. The van der Waals surface area contributed by atoms with Gasteiger partial charge in [0.05, 0.1) is 22.0 Å². The summed E-state index contributed by atoms with van der Waals surface area (Å²) in [6.07, 6.45) is 6.71. The number of rotatable bonds is 10. The molecule has 3 rings (SSSR count). The molecule has 2 aromatic rings. The van der Waals surface area contributed by atoms with E-state index >= 15 is 0 Å². The smallest absolute Gasteiger partial charge is 0.244 e. The van der Waals surface area contributed by atoms with Crippen molar-refractivity contribution in [1.82, 2.24) is 10.2 Å². The van der Waals surface area contributed by atoms with Crippen LogP contribution in [-0.4, -0.2) is 56.6 Å². The normalized spacial score (nSPS) is 15.2. The molecule has 1 fully saturated rings. The zero-order valence-corrected chi connectivity index (χ0v) is 23.0. The van der Waals surface area contributed by atoms with E-state index in [1.807, 2.05) is 30.3 Å². The molecule has 0 heterocycles. The van der Waals surface area contributed by atoms with Crippen molar-refractivity contribution in [3.63, 3.8) is 0 Å². The summed E-state index contributed by atoms with van der Waals surface area (Å²) in [6, 6.07) is 13.4. The lowest BCUT2D eigenvalue weighted by molar-refractivity contribution is -0.139. The van der Waals surface area contributed by atoms with Crippen LogP contribution in [0.4, 0.5) is 5.69 Å². The number of anilines is 1. The summed E-state index contributed by atoms with van der Waals surface area (Å²) >= 11 is 12.1. The molecule has 0 radical (unpaired) electrons. The number of amides is 2. The molecular formula is C26H33Cl2N3O4S. The van der Waals surface area contributed by atoms with Crippen molar-refractivity contribution in [1.29, 1.82) is 0 Å². The first kappa shape index (κ1) is 28.3. The van der Waals surface area contributed by atoms with Crippen LogP contribution < -0.4 is 9.62 Å². The summed E-state index contributed by atoms with van der Waals surface area (Å²) in [7, 11) is -3.83. The second-order valence-corrected chi connectivity index (χ2v) is 11.9. The topological polar surface area (TPSA) is 86.8 Å². The standard InChI is InChI=1S/C26H33Cl2N3O4S/c1-19(26(33)29-21-11-7-4-8-12-21)30(16-15-20-9-5-3-6-10-20)25(32)18-31(36(2,34)35)22-13-14-23(27)24(28)17-22/h3,5-6,9-10,13-14,17,19,21H,4,7-8,11-12,15-16,18H2,1-2H3,(H,29,33)/t19-/m0/s1. The molecule has 1 saturated carbocycles. The number of nitrogens with zero attached hydrogens (tertiary/aromatic N) is 2. The maximum Gasteiger partial charge on any atom is 0.244 e. The van der Waals surface area contributed by atoms with Crippen LogP contribution in [0.5, 0.6) is 0 Å². The molecule has 0 spiro atoms. The van der Waals surface area contributed by atoms with Gasteiger partial charge in [-0.3, -0.25) is 13.9 Å². The van der Waals surface area contributed by atoms with Crippen LogP contribution in [-0.2, 0) is 26.0 Å². The number of benzene rings is 2. The highest BCUT2D eigenvalue weighted by Gasteiger charge is 2.31. The van der Waals surface area contributed by atoms with Gasteiger partial charge in [0, 0.05) is 12.6 Å². The quantitative estimate of drug-likeness (QED) is 0.463. The van der Waals surface area contributed by atoms with Crippen LogP contribution in [0.25, 0.3) is 0 Å². The Labute approximate surface area is 223 Å². The Morgan fingerprint density at radius 3 is 2.31 bits per heavy atom. The number of hydrogen-bond donors (Lipinski definition) is 1. The predicted octanol–water partition coefficient (Wildman–Crippen LogP) is 4.67. The van der Waals surface area contributed by atoms with Crippen LogP contribution in [0.2, 0.25) is 10.0 Å². The van der Waals surface area contributed by atoms with Gasteiger partial charge >= 0.3 is 0 Å². The number of nitrogens with one attached hydrogen (secondary N) is 1. The molecule has 7 nitrogen and oxygen atoms in total. The van der Waals surface area contributed by atoms with Crippen LogP contribution in [0, 0.1) is 0 Å². The van der Waals surface area contributed by atoms with Crippen LogP contribution >= 0.6 is 23.2 Å². The maximum absolute atomic E-state index is 13.6. The Balaban J connectivity index is 1.82. The Hall–Kier alpha value is -2.29. The van der Waals surface area contributed by atoms with E-state index in [2.05, 4.69) is 5.32 Å². The molecule has 196 valence electrons. The Bertz CT molecular complexity index is 1160. The monoisotopic (exact) mass is 553 g/mol. The molecule has 1 atom stereocenters. The Morgan fingerprint density at radius 2 is 1.69 bits per heavy atom. The molecule has 0 saturated heterocycles. The predicted molar refractivity (Wildman–Crippen MR) is 145 cm³/mol. The minimum absolute atomic E-state index is 0.100. The lowest BCUT2D eigenvalue weighted by atomic mass is 9.95. The minimum Gasteiger partial charge on any atom is -0.352 e. The fourth-order valence-electron chi connectivity index (χ4n) is 4.39. The highest BCUT2D eigenvalue weighted by molar-refractivity contribution is 7.92. The van der Waals surface area contributed by atoms with E-state index in [0.29, 0.717) is 6.42 Å². The van der Waals surface area contributed by atoms with Gasteiger partial charge in [0.25, 0.3) is 0 Å². The van der Waals surface area contributed by atoms with Gasteiger partial charge in [-0.2, -0.15) is 0 Å². The van der Waals surface area contributed by atoms with Gasteiger partial charge in [0.15, 0.2) is 0 Å². The van der Waals surface area contributed by atoms with Crippen LogP contribution in [0.15, 0.2) is 48.5 Å². The molecule has 1 aliphatic rings. The van der Waals surface area contributed by atoms with Crippen molar-refractivity contribution in [2.45, 2.75) is 57.5 Å². The van der Waals surface area contributed by atoms with Gasteiger partial charge < -0.3 is 10.2 Å². The number of sulfonamides is 1. The molecule has 1 aliphatic carbocycles. The lowest BCUT2D eigenvalue weighted by Crippen LogP contribution is -2.53. The van der Waals surface area contributed by atoms with Crippen molar-refractivity contribution >= 4 is 50.7 Å². The Kier molecular flexibility index (Phi) is 10.0. The summed E-state index contributed by atoms with van der Waals surface area (Å²) in [4.78, 5) is 28.2. The number of halogens is 2. The lowest BCUT2D eigenvalue weighted by Gasteiger charge is -2.33. The largest absolute Gasteiger partial charge is 0.352 e. The summed E-state index contributed by atoms with van der Waals surface area (Å²) < 4.78 is 26.2. The molecule has 36 heavy (non-hydrogen) atoms. The van der Waals surface area contributed by atoms with E-state index in [1.165, 1.54) is 29.5 Å². The highest BCUT2D eigenvalue weighted by atomic mass is 35.5. The highest BCUT2D eigenvalue weighted by Crippen LogP contribution is 2.28. The molecule has 2 aromatic carbocycles. The average Bonchev–Trinajstić information content (AvgIpc) is 2.85. The van der Waals surface area contributed by atoms with Crippen molar-refractivity contribution in [3.05, 3.63) is 64.1 Å². The van der Waals surface area contributed by atoms with Gasteiger partial charge in [-0.15, -0.1) is 0 Å². The van der Waals surface area contributed by atoms with Gasteiger partial charge in [0.2, 0.25) is 21.8 Å². The molecule has 0 aromatic heterocycles. The van der Waals surface area contributed by atoms with Crippen molar-refractivity contribution in [2.75, 3.05) is 23.7 Å². The first-order chi connectivity index (χ1) is 17.1. The maximum atomic E-state index is 13.6. The number of hydrogen-bond acceptors (Lipinski definition) is 4. The zero-order valence-electron chi connectivity index (χ0n) is 20.6. The molecule has 10 heteroatoms. The van der Waals surface area contributed by atoms with Crippen molar-refractivity contribution < 1.29 is 18.0 Å². The second-order valence-electron chi connectivity index (χ2n) is 9.21. The fourth-order valence-corrected chi connectivity index (χ4v) is 5.53. The third-order valence-electron chi connectivity index (χ3n) is 6.47. The zero-order chi connectivity index (χ0) is 26.3. The summed E-state index contributed by atoms with van der Waals surface area (Å²) in [5.74, 6) is -0.711. The molecule has 0 aliphatic heterocycles. The van der Waals surface area contributed by atoms with Gasteiger partial charge in [-0.25, -0.2) is 8.42 Å². The fraction of sp³-hybridized carbons (Fsp3) is 0.462. The first-order valence-electron chi connectivity index (χ1n) is 12.1. The molecule has 0 bridgehead atoms. The van der Waals surface area contributed by atoms with E-state index in [4.69, 9.17) is 23.2 Å². The van der Waals surface area contributed by atoms with Crippen LogP contribution in [0.1, 0.15) is 44.6 Å². The summed E-state index contributed by atoms with van der Waals surface area (Å²) in [5, 5.41) is 3.54. The summed E-state index contributed by atoms with van der Waals surface area (Å²) in [5.41, 5.74) is 1.24. The SMILES string of the molecule is C[C@@H](C(=O)NC1CCCCC1)N(CCc1ccccc1)C(=O)CN(c1ccc(Cl)c(Cl)c1)S(C)(=O)=O. The van der Waals surface area contributed by atoms with E-state index in [1.54, 1.807) is 6.92 Å². The van der Waals surface area contributed by atoms with Crippen LogP contribution in [0.3, 0.4) is 0 Å². The van der Waals surface area contributed by atoms with E-state index in [0.717, 1.165) is 41.8 Å². The number of carbonyl (C=O) groups excluding carboxylic acids is 2. The summed E-state index contributed by atoms with van der Waals surface area (Å²) in [6.45, 7) is 1.48. The molecule has 1 N–H and O–H groups in total. The van der Waals surface area contributed by atoms with Crippen molar-refractivity contribution in [3.8, 4) is 0 Å². The van der Waals surface area contributed by atoms with E-state index in [-0.39, 0.29) is 34.2 Å². The third kappa shape index (κ3) is 7.85. The molecule has 2 amide bonds. The van der Waals surface area contributed by atoms with Crippen molar-refractivity contribution in [2.24, 2.45) is 0 Å². The van der Waals surface area contributed by atoms with Gasteiger partial charge in [-0.1, -0.05) is 72.8 Å². The molecular weight excluding hydrogens is 521 g/mol. The first-order valence-corrected chi connectivity index (χ1v) is 14.7. The minimum atomic E-state index is -3.83. The van der Waals surface area contributed by atoms with E-state index in [9.17, 15) is 18.0 Å².